The SMILES string of the molecule is C=CCOc1ccc(C[NH2+]CCCO)cc1. The van der Waals surface area contributed by atoms with Gasteiger partial charge in [-0.15, -0.1) is 0 Å². The van der Waals surface area contributed by atoms with E-state index in [0.29, 0.717) is 6.61 Å². The van der Waals surface area contributed by atoms with Gasteiger partial charge in [0.15, 0.2) is 0 Å². The van der Waals surface area contributed by atoms with Crippen LogP contribution < -0.4 is 10.1 Å². The Labute approximate surface area is 96.8 Å². The smallest absolute Gasteiger partial charge is 0.119 e. The van der Waals surface area contributed by atoms with Crippen molar-refractivity contribution in [2.45, 2.75) is 13.0 Å². The third-order valence-corrected chi connectivity index (χ3v) is 2.24. The van der Waals surface area contributed by atoms with E-state index in [9.17, 15) is 0 Å². The summed E-state index contributed by atoms with van der Waals surface area (Å²) < 4.78 is 5.39. The van der Waals surface area contributed by atoms with Crippen LogP contribution in [0.15, 0.2) is 36.9 Å². The van der Waals surface area contributed by atoms with Crippen molar-refractivity contribution >= 4 is 0 Å². The summed E-state index contributed by atoms with van der Waals surface area (Å²) in [5, 5.41) is 10.8. The summed E-state index contributed by atoms with van der Waals surface area (Å²) in [7, 11) is 0. The first-order valence-electron chi connectivity index (χ1n) is 5.62. The first kappa shape index (κ1) is 12.7. The van der Waals surface area contributed by atoms with Gasteiger partial charge in [-0.25, -0.2) is 0 Å². The number of hydrogen-bond acceptors (Lipinski definition) is 2. The number of benzene rings is 1. The number of hydrogen-bond donors (Lipinski definition) is 2. The number of nitrogens with two attached hydrogens (primary N) is 1. The van der Waals surface area contributed by atoms with E-state index in [1.807, 2.05) is 12.1 Å². The number of aliphatic hydroxyl groups excluding tert-OH is 1. The Morgan fingerprint density at radius 2 is 2.06 bits per heavy atom. The zero-order valence-corrected chi connectivity index (χ0v) is 9.56. The van der Waals surface area contributed by atoms with Gasteiger partial charge in [-0.05, 0) is 24.3 Å². The van der Waals surface area contributed by atoms with Gasteiger partial charge in [0.05, 0.1) is 6.54 Å². The molecule has 0 amide bonds. The summed E-state index contributed by atoms with van der Waals surface area (Å²) in [6.07, 6.45) is 2.58. The van der Waals surface area contributed by atoms with E-state index < -0.39 is 0 Å². The second-order valence-electron chi connectivity index (χ2n) is 3.60. The molecule has 0 bridgehead atoms. The van der Waals surface area contributed by atoms with Crippen molar-refractivity contribution in [3.8, 4) is 5.75 Å². The Morgan fingerprint density at radius 1 is 1.31 bits per heavy atom. The van der Waals surface area contributed by atoms with Crippen LogP contribution in [-0.4, -0.2) is 24.9 Å². The van der Waals surface area contributed by atoms with Crippen LogP contribution in [0.25, 0.3) is 0 Å². The molecule has 3 nitrogen and oxygen atoms in total. The minimum Gasteiger partial charge on any atom is -0.490 e. The third kappa shape index (κ3) is 4.96. The molecule has 0 radical (unpaired) electrons. The maximum Gasteiger partial charge on any atom is 0.119 e. The second-order valence-corrected chi connectivity index (χ2v) is 3.60. The summed E-state index contributed by atoms with van der Waals surface area (Å²) in [4.78, 5) is 0. The van der Waals surface area contributed by atoms with Crippen molar-refractivity contribution < 1.29 is 15.2 Å². The monoisotopic (exact) mass is 222 g/mol. The first-order valence-corrected chi connectivity index (χ1v) is 5.62. The molecule has 16 heavy (non-hydrogen) atoms. The molecule has 0 spiro atoms. The van der Waals surface area contributed by atoms with Gasteiger partial charge in [0.1, 0.15) is 18.9 Å². The predicted octanol–water partition coefficient (Wildman–Crippen LogP) is 0.697. The maximum absolute atomic E-state index is 8.64. The van der Waals surface area contributed by atoms with Gasteiger partial charge in [-0.2, -0.15) is 0 Å². The minimum atomic E-state index is 0.269. The summed E-state index contributed by atoms with van der Waals surface area (Å²) in [6, 6.07) is 8.07. The van der Waals surface area contributed by atoms with Gasteiger partial charge in [0, 0.05) is 18.6 Å². The molecule has 0 fully saturated rings. The lowest BCUT2D eigenvalue weighted by atomic mass is 10.2. The van der Waals surface area contributed by atoms with Crippen LogP contribution in [0.4, 0.5) is 0 Å². The van der Waals surface area contributed by atoms with Crippen molar-refractivity contribution in [2.24, 2.45) is 0 Å². The van der Waals surface area contributed by atoms with Crippen molar-refractivity contribution in [3.05, 3.63) is 42.5 Å². The molecular weight excluding hydrogens is 202 g/mol. The highest BCUT2D eigenvalue weighted by molar-refractivity contribution is 5.26. The van der Waals surface area contributed by atoms with E-state index >= 15 is 0 Å². The van der Waals surface area contributed by atoms with E-state index in [2.05, 4.69) is 24.0 Å². The molecule has 0 heterocycles. The highest BCUT2D eigenvalue weighted by Gasteiger charge is 1.96. The van der Waals surface area contributed by atoms with Crippen molar-refractivity contribution in [1.82, 2.24) is 0 Å². The fourth-order valence-corrected chi connectivity index (χ4v) is 1.38. The average molecular weight is 222 g/mol. The predicted molar refractivity (Wildman–Crippen MR) is 64.3 cm³/mol. The van der Waals surface area contributed by atoms with E-state index in [-0.39, 0.29) is 6.61 Å². The normalized spacial score (nSPS) is 10.1. The summed E-state index contributed by atoms with van der Waals surface area (Å²) in [5.41, 5.74) is 1.27. The summed E-state index contributed by atoms with van der Waals surface area (Å²) in [5.74, 6) is 0.874. The third-order valence-electron chi connectivity index (χ3n) is 2.24. The Morgan fingerprint density at radius 3 is 2.69 bits per heavy atom. The minimum absolute atomic E-state index is 0.269. The largest absolute Gasteiger partial charge is 0.490 e. The lowest BCUT2D eigenvalue weighted by molar-refractivity contribution is -0.671. The lowest BCUT2D eigenvalue weighted by Gasteiger charge is -2.04. The molecule has 0 aliphatic heterocycles. The Balaban J connectivity index is 2.30. The molecule has 0 atom stereocenters. The van der Waals surface area contributed by atoms with E-state index in [0.717, 1.165) is 25.3 Å². The molecule has 3 heteroatoms. The molecule has 1 rings (SSSR count). The lowest BCUT2D eigenvalue weighted by Crippen LogP contribution is -2.82. The number of aliphatic hydroxyl groups is 1. The Hall–Kier alpha value is -1.32. The molecule has 0 saturated heterocycles. The van der Waals surface area contributed by atoms with Gasteiger partial charge in [-0.3, -0.25) is 0 Å². The van der Waals surface area contributed by atoms with Crippen molar-refractivity contribution in [3.63, 3.8) is 0 Å². The van der Waals surface area contributed by atoms with Gasteiger partial charge in [0.25, 0.3) is 0 Å². The van der Waals surface area contributed by atoms with E-state index in [4.69, 9.17) is 9.84 Å². The Bertz CT molecular complexity index is 295. The van der Waals surface area contributed by atoms with Crippen LogP contribution in [0.5, 0.6) is 5.75 Å². The standard InChI is InChI=1S/C13H19NO2/c1-2-10-16-13-6-4-12(5-7-13)11-14-8-3-9-15/h2,4-7,14-15H,1,3,8-11H2/p+1. The molecule has 0 saturated carbocycles. The molecule has 0 aliphatic carbocycles. The maximum atomic E-state index is 8.64. The molecule has 0 aliphatic rings. The van der Waals surface area contributed by atoms with Crippen LogP contribution >= 0.6 is 0 Å². The number of rotatable bonds is 8. The van der Waals surface area contributed by atoms with Gasteiger partial charge in [-0.1, -0.05) is 12.7 Å². The average Bonchev–Trinajstić information content (AvgIpc) is 2.33. The zero-order chi connectivity index (χ0) is 11.6. The molecule has 3 N–H and O–H groups in total. The molecule has 88 valence electrons. The van der Waals surface area contributed by atoms with Gasteiger partial charge < -0.3 is 15.2 Å². The fourth-order valence-electron chi connectivity index (χ4n) is 1.38. The topological polar surface area (TPSA) is 46.1 Å². The number of ether oxygens (including phenoxy) is 1. The molecule has 0 unspecified atom stereocenters. The summed E-state index contributed by atoms with van der Waals surface area (Å²) >= 11 is 0. The molecule has 1 aromatic rings. The zero-order valence-electron chi connectivity index (χ0n) is 9.56. The van der Waals surface area contributed by atoms with Crippen LogP contribution in [0.3, 0.4) is 0 Å². The highest BCUT2D eigenvalue weighted by Crippen LogP contribution is 2.11. The molecule has 0 aromatic heterocycles. The summed E-state index contributed by atoms with van der Waals surface area (Å²) in [6.45, 7) is 6.32. The van der Waals surface area contributed by atoms with Crippen LogP contribution in [0, 0.1) is 0 Å². The first-order chi connectivity index (χ1) is 7.86. The Kier molecular flexibility index (Phi) is 6.30. The van der Waals surface area contributed by atoms with Crippen molar-refractivity contribution in [1.29, 1.82) is 0 Å². The van der Waals surface area contributed by atoms with Gasteiger partial charge >= 0.3 is 0 Å². The molecular formula is C13H20NO2+. The van der Waals surface area contributed by atoms with Crippen LogP contribution in [-0.2, 0) is 6.54 Å². The second kappa shape index (κ2) is 7.91. The van der Waals surface area contributed by atoms with Gasteiger partial charge in [0.2, 0.25) is 0 Å². The molecule has 1 aromatic carbocycles. The van der Waals surface area contributed by atoms with E-state index in [1.165, 1.54) is 5.56 Å². The van der Waals surface area contributed by atoms with Crippen LogP contribution in [0.1, 0.15) is 12.0 Å². The van der Waals surface area contributed by atoms with Crippen molar-refractivity contribution in [2.75, 3.05) is 19.8 Å². The highest BCUT2D eigenvalue weighted by atomic mass is 16.5. The van der Waals surface area contributed by atoms with E-state index in [1.54, 1.807) is 6.08 Å². The quantitative estimate of drug-likeness (QED) is 0.502. The van der Waals surface area contributed by atoms with Crippen LogP contribution in [0.2, 0.25) is 0 Å². The fraction of sp³-hybridized carbons (Fsp3) is 0.385. The number of quaternary nitrogens is 1.